The molecule has 4 nitrogen and oxygen atoms in total. The number of nitrogens with zero attached hydrogens (tertiary/aromatic N) is 1. The molecule has 0 spiro atoms. The van der Waals surface area contributed by atoms with E-state index in [1.165, 1.54) is 11.8 Å². The molecule has 0 saturated carbocycles. The second kappa shape index (κ2) is 10.3. The number of rotatable bonds is 6. The first kappa shape index (κ1) is 22.1. The molecule has 1 aromatic rings. The summed E-state index contributed by atoms with van der Waals surface area (Å²) >= 11 is 1.52. The molecule has 0 bridgehead atoms. The van der Waals surface area contributed by atoms with Gasteiger partial charge >= 0.3 is 0 Å². The van der Waals surface area contributed by atoms with Crippen molar-refractivity contribution < 1.29 is 9.53 Å². The van der Waals surface area contributed by atoms with Crippen LogP contribution in [0.25, 0.3) is 0 Å². The van der Waals surface area contributed by atoms with Crippen molar-refractivity contribution in [3.05, 3.63) is 39.9 Å². The molecule has 142 valence electrons. The number of hydrogen-bond acceptors (Lipinski definition) is 5. The summed E-state index contributed by atoms with van der Waals surface area (Å²) in [6, 6.07) is 7.85. The molecule has 1 aliphatic rings. The Bertz CT molecular complexity index is 702. The van der Waals surface area contributed by atoms with Gasteiger partial charge in [-0.05, 0) is 30.5 Å². The molecule has 2 rings (SSSR count). The van der Waals surface area contributed by atoms with Gasteiger partial charge in [0, 0.05) is 11.6 Å². The van der Waals surface area contributed by atoms with Gasteiger partial charge in [-0.25, -0.2) is 0 Å². The number of allylic oxidation sites excluding steroid dienone is 2. The van der Waals surface area contributed by atoms with Crippen molar-refractivity contribution in [1.82, 2.24) is 5.32 Å². The fourth-order valence-electron chi connectivity index (χ4n) is 2.33. The summed E-state index contributed by atoms with van der Waals surface area (Å²) in [6.07, 6.45) is 0. The zero-order valence-corrected chi connectivity index (χ0v) is 17.7. The Kier molecular flexibility index (Phi) is 8.74. The molecule has 26 heavy (non-hydrogen) atoms. The molecule has 0 fully saturated rings. The monoisotopic (exact) mass is 374 g/mol. The first-order chi connectivity index (χ1) is 12.3. The van der Waals surface area contributed by atoms with Gasteiger partial charge < -0.3 is 10.1 Å². The predicted molar refractivity (Wildman–Crippen MR) is 109 cm³/mol. The van der Waals surface area contributed by atoms with Crippen molar-refractivity contribution in [2.75, 3.05) is 6.61 Å². The minimum absolute atomic E-state index is 0.0236. The van der Waals surface area contributed by atoms with Crippen molar-refractivity contribution in [2.45, 2.75) is 53.8 Å². The third kappa shape index (κ3) is 5.54. The minimum atomic E-state index is -0.0473. The van der Waals surface area contributed by atoms with E-state index >= 15 is 0 Å². The number of thioether (sulfide) groups is 1. The molecule has 1 N–H and O–H groups in total. The first-order valence-corrected chi connectivity index (χ1v) is 10.1. The van der Waals surface area contributed by atoms with Gasteiger partial charge in [-0.1, -0.05) is 59.4 Å². The molecule has 0 amide bonds. The maximum absolute atomic E-state index is 12.3. The van der Waals surface area contributed by atoms with E-state index in [0.717, 1.165) is 16.2 Å². The zero-order valence-electron chi connectivity index (χ0n) is 16.8. The lowest BCUT2D eigenvalue weighted by Gasteiger charge is -2.15. The number of ether oxygens (including phenoxy) is 1. The number of nitriles is 1. The lowest BCUT2D eigenvalue weighted by molar-refractivity contribution is -0.117. The molecule has 1 aliphatic heterocycles. The molecule has 1 unspecified atom stereocenters. The highest BCUT2D eigenvalue weighted by molar-refractivity contribution is 8.04. The lowest BCUT2D eigenvalue weighted by atomic mass is 10.1. The third-order valence-corrected chi connectivity index (χ3v) is 5.04. The standard InChI is InChI=1S/C19H24N2O2S.C2H6/c1-11(2)10-23-16-7-6-14(8-15(16)9-20)19-21-13(5)18(24-19)17(22)12(3)4;1-2/h6-8,11-12,19,21H,10H2,1-5H3;1-2H3. The molecule has 0 aliphatic carbocycles. The van der Waals surface area contributed by atoms with Crippen LogP contribution in [0.4, 0.5) is 0 Å². The Morgan fingerprint density at radius 2 is 1.96 bits per heavy atom. The van der Waals surface area contributed by atoms with E-state index in [-0.39, 0.29) is 17.1 Å². The van der Waals surface area contributed by atoms with Crippen LogP contribution in [0.15, 0.2) is 28.8 Å². The highest BCUT2D eigenvalue weighted by Crippen LogP contribution is 2.42. The Morgan fingerprint density at radius 3 is 2.50 bits per heavy atom. The van der Waals surface area contributed by atoms with Crippen molar-refractivity contribution in [3.8, 4) is 11.8 Å². The third-order valence-electron chi connectivity index (χ3n) is 3.67. The molecule has 0 saturated heterocycles. The van der Waals surface area contributed by atoms with Crippen LogP contribution in [0, 0.1) is 23.2 Å². The van der Waals surface area contributed by atoms with Gasteiger partial charge in [0.25, 0.3) is 0 Å². The van der Waals surface area contributed by atoms with E-state index in [0.29, 0.717) is 23.8 Å². The number of Topliss-reactive ketones (excluding diaryl/α,β-unsaturated/α-hetero) is 1. The maximum Gasteiger partial charge on any atom is 0.173 e. The fourth-order valence-corrected chi connectivity index (χ4v) is 3.68. The Hall–Kier alpha value is -1.93. The molecule has 5 heteroatoms. The quantitative estimate of drug-likeness (QED) is 0.721. The minimum Gasteiger partial charge on any atom is -0.492 e. The topological polar surface area (TPSA) is 62.1 Å². The summed E-state index contributed by atoms with van der Waals surface area (Å²) in [5, 5.41) is 12.7. The van der Waals surface area contributed by atoms with Crippen LogP contribution in [0.5, 0.6) is 5.75 Å². The summed E-state index contributed by atoms with van der Waals surface area (Å²) in [5.74, 6) is 1.15. The smallest absolute Gasteiger partial charge is 0.173 e. The van der Waals surface area contributed by atoms with E-state index in [1.807, 2.05) is 52.8 Å². The Morgan fingerprint density at radius 1 is 1.31 bits per heavy atom. The van der Waals surface area contributed by atoms with Gasteiger partial charge in [0.2, 0.25) is 0 Å². The van der Waals surface area contributed by atoms with Crippen molar-refractivity contribution in [1.29, 1.82) is 5.26 Å². The van der Waals surface area contributed by atoms with E-state index in [9.17, 15) is 10.1 Å². The summed E-state index contributed by atoms with van der Waals surface area (Å²) in [4.78, 5) is 13.1. The van der Waals surface area contributed by atoms with Gasteiger partial charge in [0.05, 0.1) is 17.1 Å². The summed E-state index contributed by atoms with van der Waals surface area (Å²) in [5.41, 5.74) is 2.40. The van der Waals surface area contributed by atoms with Crippen molar-refractivity contribution >= 4 is 17.5 Å². The number of benzene rings is 1. The van der Waals surface area contributed by atoms with Crippen LogP contribution in [-0.4, -0.2) is 12.4 Å². The average Bonchev–Trinajstić information content (AvgIpc) is 3.02. The van der Waals surface area contributed by atoms with Gasteiger partial charge in [-0.2, -0.15) is 5.26 Å². The summed E-state index contributed by atoms with van der Waals surface area (Å²) in [6.45, 7) is 14.5. The largest absolute Gasteiger partial charge is 0.492 e. The SMILES string of the molecule is CC.CC1=C(C(=O)C(C)C)SC(c2ccc(OCC(C)C)c(C#N)c2)N1. The summed E-state index contributed by atoms with van der Waals surface area (Å²) in [7, 11) is 0. The molecular formula is C21H30N2O2S. The van der Waals surface area contributed by atoms with Crippen molar-refractivity contribution in [2.24, 2.45) is 11.8 Å². The van der Waals surface area contributed by atoms with E-state index in [4.69, 9.17) is 4.74 Å². The molecule has 0 aromatic heterocycles. The van der Waals surface area contributed by atoms with E-state index in [1.54, 1.807) is 0 Å². The van der Waals surface area contributed by atoms with Gasteiger partial charge in [-0.3, -0.25) is 4.79 Å². The normalized spacial score (nSPS) is 16.1. The van der Waals surface area contributed by atoms with Crippen LogP contribution in [-0.2, 0) is 4.79 Å². The van der Waals surface area contributed by atoms with Gasteiger partial charge in [-0.15, -0.1) is 0 Å². The second-order valence-corrected chi connectivity index (χ2v) is 7.80. The zero-order chi connectivity index (χ0) is 19.9. The number of carbonyl (C=O) groups is 1. The number of nitrogens with one attached hydrogen (secondary N) is 1. The van der Waals surface area contributed by atoms with Crippen LogP contribution in [0.1, 0.15) is 65.0 Å². The molecule has 0 radical (unpaired) electrons. The van der Waals surface area contributed by atoms with Crippen LogP contribution < -0.4 is 10.1 Å². The van der Waals surface area contributed by atoms with Crippen LogP contribution >= 0.6 is 11.8 Å². The molecular weight excluding hydrogens is 344 g/mol. The lowest BCUT2D eigenvalue weighted by Crippen LogP contribution is -2.12. The van der Waals surface area contributed by atoms with Gasteiger partial charge in [0.15, 0.2) is 5.78 Å². The maximum atomic E-state index is 12.3. The Labute approximate surface area is 162 Å². The second-order valence-electron chi connectivity index (χ2n) is 6.69. The highest BCUT2D eigenvalue weighted by atomic mass is 32.2. The molecule has 1 atom stereocenters. The molecule has 1 heterocycles. The summed E-state index contributed by atoms with van der Waals surface area (Å²) < 4.78 is 5.70. The van der Waals surface area contributed by atoms with E-state index in [2.05, 4.69) is 25.2 Å². The number of carbonyl (C=O) groups excluding carboxylic acids is 1. The Balaban J connectivity index is 0.00000163. The van der Waals surface area contributed by atoms with Crippen LogP contribution in [0.2, 0.25) is 0 Å². The molecule has 1 aromatic carbocycles. The van der Waals surface area contributed by atoms with E-state index < -0.39 is 0 Å². The first-order valence-electron chi connectivity index (χ1n) is 9.18. The van der Waals surface area contributed by atoms with Gasteiger partial charge in [0.1, 0.15) is 17.2 Å². The fraction of sp³-hybridized carbons (Fsp3) is 0.524. The average molecular weight is 375 g/mol. The number of ketones is 1. The number of hydrogen-bond donors (Lipinski definition) is 1. The highest BCUT2D eigenvalue weighted by Gasteiger charge is 2.29. The van der Waals surface area contributed by atoms with Crippen LogP contribution in [0.3, 0.4) is 0 Å². The van der Waals surface area contributed by atoms with Crippen molar-refractivity contribution in [3.63, 3.8) is 0 Å². The predicted octanol–water partition coefficient (Wildman–Crippen LogP) is 5.41.